The lowest BCUT2D eigenvalue weighted by atomic mass is 9.85. The van der Waals surface area contributed by atoms with E-state index in [4.69, 9.17) is 5.11 Å². The number of nitrogens with one attached hydrogen (secondary N) is 1. The van der Waals surface area contributed by atoms with Gasteiger partial charge in [0.25, 0.3) is 0 Å². The van der Waals surface area contributed by atoms with Gasteiger partial charge >= 0.3 is 6.09 Å². The van der Waals surface area contributed by atoms with Crippen LogP contribution in [0.5, 0.6) is 0 Å². The number of Topliss-reactive ketones (excluding diaryl/α,β-unsaturated/α-hetero) is 1. The van der Waals surface area contributed by atoms with Crippen molar-refractivity contribution < 1.29 is 14.7 Å². The number of hydrogen-bond donors (Lipinski definition) is 2. The lowest BCUT2D eigenvalue weighted by Gasteiger charge is -2.22. The summed E-state index contributed by atoms with van der Waals surface area (Å²) in [6.45, 7) is 5.49. The fourth-order valence-electron chi connectivity index (χ4n) is 1.58. The van der Waals surface area contributed by atoms with Gasteiger partial charge in [0.05, 0.1) is 6.04 Å². The molecule has 0 heterocycles. The van der Waals surface area contributed by atoms with Gasteiger partial charge in [-0.25, -0.2) is 4.79 Å². The van der Waals surface area contributed by atoms with Crippen LogP contribution in [0.2, 0.25) is 0 Å². The Morgan fingerprint density at radius 3 is 2.22 bits per heavy atom. The minimum Gasteiger partial charge on any atom is -0.465 e. The normalized spacial score (nSPS) is 12.8. The third-order valence-corrected chi connectivity index (χ3v) is 2.73. The molecule has 1 unspecified atom stereocenters. The Morgan fingerprint density at radius 1 is 1.22 bits per heavy atom. The molecule has 18 heavy (non-hydrogen) atoms. The molecule has 98 valence electrons. The van der Waals surface area contributed by atoms with Gasteiger partial charge in [-0.05, 0) is 5.56 Å². The van der Waals surface area contributed by atoms with Crippen LogP contribution in [0.15, 0.2) is 30.3 Å². The van der Waals surface area contributed by atoms with Crippen LogP contribution in [0.25, 0.3) is 0 Å². The molecule has 1 amide bonds. The smallest absolute Gasteiger partial charge is 0.405 e. The Morgan fingerprint density at radius 2 is 1.78 bits per heavy atom. The van der Waals surface area contributed by atoms with E-state index in [-0.39, 0.29) is 12.2 Å². The summed E-state index contributed by atoms with van der Waals surface area (Å²) in [5.41, 5.74) is 0.338. The molecule has 2 N–H and O–H groups in total. The van der Waals surface area contributed by atoms with Crippen LogP contribution in [0.3, 0.4) is 0 Å². The monoisotopic (exact) mass is 249 g/mol. The topological polar surface area (TPSA) is 66.4 Å². The summed E-state index contributed by atoms with van der Waals surface area (Å²) in [7, 11) is 0. The van der Waals surface area contributed by atoms with Crippen molar-refractivity contribution in [3.8, 4) is 0 Å². The minimum atomic E-state index is -1.12. The van der Waals surface area contributed by atoms with Crippen LogP contribution in [0.1, 0.15) is 38.8 Å². The van der Waals surface area contributed by atoms with E-state index >= 15 is 0 Å². The summed E-state index contributed by atoms with van der Waals surface area (Å²) in [5.74, 6) is 0.0325. The quantitative estimate of drug-likeness (QED) is 0.862. The standard InChI is InChI=1S/C14H19NO3/c1-14(2,3)12(16)9-11(15-13(17)18)10-7-5-4-6-8-10/h4-8,11,15H,9H2,1-3H3,(H,17,18). The minimum absolute atomic E-state index is 0.0325. The zero-order chi connectivity index (χ0) is 13.8. The molecule has 0 saturated carbocycles. The van der Waals surface area contributed by atoms with E-state index in [9.17, 15) is 9.59 Å². The van der Waals surface area contributed by atoms with Gasteiger partial charge in [0.15, 0.2) is 0 Å². The average molecular weight is 249 g/mol. The maximum absolute atomic E-state index is 12.0. The zero-order valence-corrected chi connectivity index (χ0v) is 10.9. The summed E-state index contributed by atoms with van der Waals surface area (Å²) in [5, 5.41) is 11.2. The van der Waals surface area contributed by atoms with E-state index in [1.165, 1.54) is 0 Å². The van der Waals surface area contributed by atoms with Gasteiger partial charge in [-0.1, -0.05) is 51.1 Å². The van der Waals surface area contributed by atoms with E-state index in [1.807, 2.05) is 51.1 Å². The predicted octanol–water partition coefficient (Wildman–Crippen LogP) is 3.00. The van der Waals surface area contributed by atoms with Crippen molar-refractivity contribution in [2.24, 2.45) is 5.41 Å². The van der Waals surface area contributed by atoms with Crippen molar-refractivity contribution >= 4 is 11.9 Å². The third kappa shape index (κ3) is 4.20. The highest BCUT2D eigenvalue weighted by atomic mass is 16.4. The molecule has 0 aliphatic rings. The molecule has 4 heteroatoms. The van der Waals surface area contributed by atoms with E-state index in [0.717, 1.165) is 5.56 Å². The number of hydrogen-bond acceptors (Lipinski definition) is 2. The molecule has 0 bridgehead atoms. The molecule has 0 radical (unpaired) electrons. The molecule has 0 spiro atoms. The first kappa shape index (κ1) is 14.2. The van der Waals surface area contributed by atoms with Crippen molar-refractivity contribution in [1.29, 1.82) is 0 Å². The second kappa shape index (κ2) is 5.67. The molecular weight excluding hydrogens is 230 g/mol. The lowest BCUT2D eigenvalue weighted by Crippen LogP contribution is -2.32. The molecule has 1 aromatic carbocycles. The van der Waals surface area contributed by atoms with E-state index < -0.39 is 17.6 Å². The van der Waals surface area contributed by atoms with Gasteiger partial charge in [0.2, 0.25) is 0 Å². The first-order valence-corrected chi connectivity index (χ1v) is 5.88. The summed E-state index contributed by atoms with van der Waals surface area (Å²) in [4.78, 5) is 22.8. The highest BCUT2D eigenvalue weighted by Gasteiger charge is 2.26. The molecule has 0 fully saturated rings. The van der Waals surface area contributed by atoms with Crippen LogP contribution in [-0.4, -0.2) is 17.0 Å². The SMILES string of the molecule is CC(C)(C)C(=O)CC(NC(=O)O)c1ccccc1. The first-order valence-electron chi connectivity index (χ1n) is 5.88. The Kier molecular flexibility index (Phi) is 4.48. The highest BCUT2D eigenvalue weighted by Crippen LogP contribution is 2.24. The molecule has 1 rings (SSSR count). The first-order chi connectivity index (χ1) is 8.30. The Bertz CT molecular complexity index is 420. The van der Waals surface area contributed by atoms with Crippen molar-refractivity contribution in [3.05, 3.63) is 35.9 Å². The van der Waals surface area contributed by atoms with E-state index in [2.05, 4.69) is 5.32 Å². The molecular formula is C14H19NO3. The van der Waals surface area contributed by atoms with Gasteiger partial charge in [-0.2, -0.15) is 0 Å². The largest absolute Gasteiger partial charge is 0.465 e. The van der Waals surface area contributed by atoms with Gasteiger partial charge in [-0.15, -0.1) is 0 Å². The van der Waals surface area contributed by atoms with Crippen molar-refractivity contribution in [3.63, 3.8) is 0 Å². The number of rotatable bonds is 4. The van der Waals surface area contributed by atoms with Gasteiger partial charge in [-0.3, -0.25) is 4.79 Å². The molecule has 4 nitrogen and oxygen atoms in total. The van der Waals surface area contributed by atoms with Crippen molar-refractivity contribution in [1.82, 2.24) is 5.32 Å². The number of carboxylic acid groups (broad SMARTS) is 1. The van der Waals surface area contributed by atoms with E-state index in [1.54, 1.807) is 0 Å². The number of benzene rings is 1. The van der Waals surface area contributed by atoms with Crippen LogP contribution in [0.4, 0.5) is 4.79 Å². The second-order valence-electron chi connectivity index (χ2n) is 5.29. The summed E-state index contributed by atoms with van der Waals surface area (Å²) in [6.07, 6.45) is -0.953. The summed E-state index contributed by atoms with van der Waals surface area (Å²) in [6, 6.07) is 8.65. The third-order valence-electron chi connectivity index (χ3n) is 2.73. The second-order valence-corrected chi connectivity index (χ2v) is 5.29. The van der Waals surface area contributed by atoms with Crippen LogP contribution in [0, 0.1) is 5.41 Å². The Hall–Kier alpha value is -1.84. The predicted molar refractivity (Wildman–Crippen MR) is 69.4 cm³/mol. The fourth-order valence-corrected chi connectivity index (χ4v) is 1.58. The maximum atomic E-state index is 12.0. The summed E-state index contributed by atoms with van der Waals surface area (Å²) < 4.78 is 0. The summed E-state index contributed by atoms with van der Waals surface area (Å²) >= 11 is 0. The lowest BCUT2D eigenvalue weighted by molar-refractivity contribution is -0.126. The highest BCUT2D eigenvalue weighted by molar-refractivity contribution is 5.84. The number of amides is 1. The fraction of sp³-hybridized carbons (Fsp3) is 0.429. The maximum Gasteiger partial charge on any atom is 0.405 e. The Balaban J connectivity index is 2.87. The molecule has 1 aromatic rings. The zero-order valence-electron chi connectivity index (χ0n) is 10.9. The van der Waals surface area contributed by atoms with Crippen molar-refractivity contribution in [2.75, 3.05) is 0 Å². The van der Waals surface area contributed by atoms with E-state index in [0.29, 0.717) is 0 Å². The van der Waals surface area contributed by atoms with Gasteiger partial charge in [0, 0.05) is 11.8 Å². The molecule has 0 saturated heterocycles. The number of carbonyl (C=O) groups is 2. The van der Waals surface area contributed by atoms with Gasteiger partial charge in [0.1, 0.15) is 5.78 Å². The molecule has 0 aromatic heterocycles. The number of carbonyl (C=O) groups excluding carboxylic acids is 1. The van der Waals surface area contributed by atoms with Crippen LogP contribution in [-0.2, 0) is 4.79 Å². The average Bonchev–Trinajstić information content (AvgIpc) is 2.27. The van der Waals surface area contributed by atoms with Crippen LogP contribution >= 0.6 is 0 Å². The van der Waals surface area contributed by atoms with Crippen molar-refractivity contribution in [2.45, 2.75) is 33.2 Å². The Labute approximate surface area is 107 Å². The molecule has 0 aliphatic carbocycles. The van der Waals surface area contributed by atoms with Gasteiger partial charge < -0.3 is 10.4 Å². The number of ketones is 1. The molecule has 1 atom stereocenters. The molecule has 0 aliphatic heterocycles. The van der Waals surface area contributed by atoms with Crippen LogP contribution < -0.4 is 5.32 Å².